The van der Waals surface area contributed by atoms with Crippen LogP contribution in [0.15, 0.2) is 34.7 Å². The number of amides is 2. The second-order valence-electron chi connectivity index (χ2n) is 7.14. The molecule has 2 heterocycles. The second kappa shape index (κ2) is 7.86. The SMILES string of the molecule is CC1CCc2c(sc(NC(=O)c3ccc(-c4cccc(Cl)c4Cl)o3)c2C(N)=O)C1. The fraction of sp³-hybridized carbons (Fsp3) is 0.238. The van der Waals surface area contributed by atoms with Crippen molar-refractivity contribution in [1.29, 1.82) is 0 Å². The number of carbonyl (C=O) groups excluding carboxylic acids is 2. The Bertz CT molecular complexity index is 1120. The fourth-order valence-corrected chi connectivity index (χ4v) is 5.37. The van der Waals surface area contributed by atoms with E-state index in [1.54, 1.807) is 30.3 Å². The number of carbonyl (C=O) groups is 2. The zero-order valence-electron chi connectivity index (χ0n) is 15.6. The lowest BCUT2D eigenvalue weighted by atomic mass is 9.88. The summed E-state index contributed by atoms with van der Waals surface area (Å²) in [5.74, 6) is 0.0884. The lowest BCUT2D eigenvalue weighted by Gasteiger charge is -2.18. The van der Waals surface area contributed by atoms with E-state index in [2.05, 4.69) is 12.2 Å². The van der Waals surface area contributed by atoms with E-state index in [0.717, 1.165) is 29.7 Å². The van der Waals surface area contributed by atoms with Crippen molar-refractivity contribution in [2.75, 3.05) is 5.32 Å². The zero-order chi connectivity index (χ0) is 20.7. The first-order valence-corrected chi connectivity index (χ1v) is 10.7. The smallest absolute Gasteiger partial charge is 0.292 e. The molecule has 1 unspecified atom stereocenters. The van der Waals surface area contributed by atoms with Crippen LogP contribution < -0.4 is 11.1 Å². The minimum atomic E-state index is -0.529. The molecule has 5 nitrogen and oxygen atoms in total. The van der Waals surface area contributed by atoms with Crippen LogP contribution in [-0.4, -0.2) is 11.8 Å². The van der Waals surface area contributed by atoms with E-state index in [1.807, 2.05) is 0 Å². The molecule has 0 aliphatic heterocycles. The quantitative estimate of drug-likeness (QED) is 0.529. The van der Waals surface area contributed by atoms with Crippen LogP contribution in [0.1, 0.15) is 44.7 Å². The first-order chi connectivity index (χ1) is 13.8. The van der Waals surface area contributed by atoms with Crippen molar-refractivity contribution in [1.82, 2.24) is 0 Å². The molecule has 1 atom stereocenters. The van der Waals surface area contributed by atoms with Gasteiger partial charge in [0.05, 0.1) is 15.6 Å². The van der Waals surface area contributed by atoms with Crippen LogP contribution in [0.5, 0.6) is 0 Å². The maximum atomic E-state index is 12.8. The van der Waals surface area contributed by atoms with Crippen molar-refractivity contribution in [3.8, 4) is 11.3 Å². The van der Waals surface area contributed by atoms with E-state index in [0.29, 0.717) is 37.9 Å². The van der Waals surface area contributed by atoms with Crippen molar-refractivity contribution in [3.63, 3.8) is 0 Å². The molecular formula is C21H18Cl2N2O3S. The molecule has 0 saturated heterocycles. The Morgan fingerprint density at radius 1 is 1.24 bits per heavy atom. The third-order valence-electron chi connectivity index (χ3n) is 5.03. The number of hydrogen-bond donors (Lipinski definition) is 2. The molecule has 8 heteroatoms. The number of nitrogens with one attached hydrogen (secondary N) is 1. The monoisotopic (exact) mass is 448 g/mol. The highest BCUT2D eigenvalue weighted by atomic mass is 35.5. The Labute approximate surface area is 181 Å². The van der Waals surface area contributed by atoms with Gasteiger partial charge >= 0.3 is 0 Å². The Hall–Kier alpha value is -2.28. The summed E-state index contributed by atoms with van der Waals surface area (Å²) in [5.41, 5.74) is 7.57. The largest absolute Gasteiger partial charge is 0.451 e. The number of thiophene rings is 1. The number of benzene rings is 1. The number of hydrogen-bond acceptors (Lipinski definition) is 4. The summed E-state index contributed by atoms with van der Waals surface area (Å²) >= 11 is 13.7. The highest BCUT2D eigenvalue weighted by Crippen LogP contribution is 2.40. The predicted octanol–water partition coefficient (Wildman–Crippen LogP) is 5.79. The Morgan fingerprint density at radius 3 is 2.79 bits per heavy atom. The van der Waals surface area contributed by atoms with Crippen molar-refractivity contribution in [2.24, 2.45) is 11.7 Å². The summed E-state index contributed by atoms with van der Waals surface area (Å²) in [5, 5.41) is 4.02. The van der Waals surface area contributed by atoms with Crippen molar-refractivity contribution in [2.45, 2.75) is 26.2 Å². The summed E-state index contributed by atoms with van der Waals surface area (Å²) in [7, 11) is 0. The van der Waals surface area contributed by atoms with Gasteiger partial charge in [0, 0.05) is 10.4 Å². The van der Waals surface area contributed by atoms with Crippen LogP contribution in [0.4, 0.5) is 5.00 Å². The second-order valence-corrected chi connectivity index (χ2v) is 9.03. The van der Waals surface area contributed by atoms with Crippen LogP contribution in [0.3, 0.4) is 0 Å². The van der Waals surface area contributed by atoms with Crippen LogP contribution in [0.2, 0.25) is 10.0 Å². The van der Waals surface area contributed by atoms with Gasteiger partial charge < -0.3 is 15.5 Å². The molecule has 3 N–H and O–H groups in total. The standard InChI is InChI=1S/C21H18Cl2N2O3S/c1-10-5-6-12-16(9-10)29-21(17(12)19(24)26)25-20(27)15-8-7-14(28-15)11-3-2-4-13(22)18(11)23/h2-4,7-8,10H,5-6,9H2,1H3,(H2,24,26)(H,25,27). The molecular weight excluding hydrogens is 431 g/mol. The molecule has 2 amide bonds. The van der Waals surface area contributed by atoms with Gasteiger partial charge in [-0.05, 0) is 55.0 Å². The summed E-state index contributed by atoms with van der Waals surface area (Å²) in [6.07, 6.45) is 2.67. The van der Waals surface area contributed by atoms with Crippen LogP contribution >= 0.6 is 34.5 Å². The van der Waals surface area contributed by atoms with Gasteiger partial charge in [0.25, 0.3) is 11.8 Å². The summed E-state index contributed by atoms with van der Waals surface area (Å²) in [6.45, 7) is 2.18. The molecule has 4 rings (SSSR count). The first-order valence-electron chi connectivity index (χ1n) is 9.15. The average molecular weight is 449 g/mol. The van der Waals surface area contributed by atoms with Crippen molar-refractivity contribution in [3.05, 3.63) is 62.1 Å². The minimum Gasteiger partial charge on any atom is -0.451 e. The highest BCUT2D eigenvalue weighted by molar-refractivity contribution is 7.17. The number of anilines is 1. The summed E-state index contributed by atoms with van der Waals surface area (Å²) in [4.78, 5) is 25.9. The van der Waals surface area contributed by atoms with Crippen LogP contribution in [-0.2, 0) is 12.8 Å². The molecule has 0 fully saturated rings. The van der Waals surface area contributed by atoms with Gasteiger partial charge in [-0.1, -0.05) is 36.2 Å². The third-order valence-corrected chi connectivity index (χ3v) is 7.02. The predicted molar refractivity (Wildman–Crippen MR) is 116 cm³/mol. The molecule has 2 aromatic heterocycles. The molecule has 1 aromatic carbocycles. The first kappa shape index (κ1) is 20.0. The van der Waals surface area contributed by atoms with Crippen molar-refractivity contribution < 1.29 is 14.0 Å². The van der Waals surface area contributed by atoms with Gasteiger partial charge in [0.2, 0.25) is 0 Å². The van der Waals surface area contributed by atoms with Crippen molar-refractivity contribution >= 4 is 51.4 Å². The maximum absolute atomic E-state index is 12.8. The molecule has 0 bridgehead atoms. The number of rotatable bonds is 4. The molecule has 1 aliphatic carbocycles. The normalized spacial score (nSPS) is 15.8. The Kier molecular flexibility index (Phi) is 5.42. The Morgan fingerprint density at radius 2 is 2.03 bits per heavy atom. The molecule has 0 saturated carbocycles. The van der Waals surface area contributed by atoms with Crippen LogP contribution in [0, 0.1) is 5.92 Å². The fourth-order valence-electron chi connectivity index (χ4n) is 3.56. The molecule has 29 heavy (non-hydrogen) atoms. The van der Waals surface area contributed by atoms with E-state index in [9.17, 15) is 9.59 Å². The zero-order valence-corrected chi connectivity index (χ0v) is 17.9. The molecule has 0 radical (unpaired) electrons. The number of nitrogens with two attached hydrogens (primary N) is 1. The number of furan rings is 1. The average Bonchev–Trinajstić information content (AvgIpc) is 3.28. The van der Waals surface area contributed by atoms with E-state index in [1.165, 1.54) is 11.3 Å². The van der Waals surface area contributed by atoms with Gasteiger partial charge in [-0.15, -0.1) is 11.3 Å². The highest BCUT2D eigenvalue weighted by Gasteiger charge is 2.28. The molecule has 0 spiro atoms. The summed E-state index contributed by atoms with van der Waals surface area (Å²) < 4.78 is 5.69. The number of fused-ring (bicyclic) bond motifs is 1. The van der Waals surface area contributed by atoms with Gasteiger partial charge in [-0.2, -0.15) is 0 Å². The topological polar surface area (TPSA) is 85.3 Å². The van der Waals surface area contributed by atoms with Gasteiger partial charge in [-0.25, -0.2) is 0 Å². The third kappa shape index (κ3) is 3.80. The lowest BCUT2D eigenvalue weighted by molar-refractivity contribution is 0.0997. The van der Waals surface area contributed by atoms with Gasteiger partial charge in [-0.3, -0.25) is 9.59 Å². The van der Waals surface area contributed by atoms with Gasteiger partial charge in [0.15, 0.2) is 5.76 Å². The minimum absolute atomic E-state index is 0.103. The number of primary amides is 1. The van der Waals surface area contributed by atoms with E-state index >= 15 is 0 Å². The van der Waals surface area contributed by atoms with Gasteiger partial charge in [0.1, 0.15) is 10.8 Å². The van der Waals surface area contributed by atoms with Crippen LogP contribution in [0.25, 0.3) is 11.3 Å². The maximum Gasteiger partial charge on any atom is 0.292 e. The Balaban J connectivity index is 1.62. The molecule has 3 aromatic rings. The number of halogens is 2. The molecule has 1 aliphatic rings. The van der Waals surface area contributed by atoms with E-state index in [-0.39, 0.29) is 5.76 Å². The lowest BCUT2D eigenvalue weighted by Crippen LogP contribution is -2.19. The summed E-state index contributed by atoms with van der Waals surface area (Å²) in [6, 6.07) is 8.40. The molecule has 150 valence electrons. The van der Waals surface area contributed by atoms with E-state index < -0.39 is 11.8 Å². The van der Waals surface area contributed by atoms with E-state index in [4.69, 9.17) is 33.4 Å².